The lowest BCUT2D eigenvalue weighted by atomic mass is 10.1. The first kappa shape index (κ1) is 21.9. The molecule has 6 heteroatoms. The summed E-state index contributed by atoms with van der Waals surface area (Å²) in [5.74, 6) is 0.915. The number of ether oxygens (including phenoxy) is 2. The summed E-state index contributed by atoms with van der Waals surface area (Å²) in [6.45, 7) is 1.91. The van der Waals surface area contributed by atoms with E-state index in [1.54, 1.807) is 38.5 Å². The maximum atomic E-state index is 12.5. The number of anilines is 1. The van der Waals surface area contributed by atoms with Gasteiger partial charge in [-0.25, -0.2) is 0 Å². The third kappa shape index (κ3) is 5.85. The van der Waals surface area contributed by atoms with Gasteiger partial charge in [-0.15, -0.1) is 0 Å². The summed E-state index contributed by atoms with van der Waals surface area (Å²) < 4.78 is 10.5. The first-order valence-electron chi connectivity index (χ1n) is 9.96. The number of hydrogen-bond donors (Lipinski definition) is 2. The molecule has 0 aliphatic carbocycles. The third-order valence-corrected chi connectivity index (χ3v) is 4.87. The van der Waals surface area contributed by atoms with Crippen molar-refractivity contribution in [2.45, 2.75) is 19.4 Å². The Morgan fingerprint density at radius 1 is 0.871 bits per heavy atom. The molecular formula is C25H26N2O4. The van der Waals surface area contributed by atoms with E-state index < -0.39 is 0 Å². The summed E-state index contributed by atoms with van der Waals surface area (Å²) in [7, 11) is 3.13. The van der Waals surface area contributed by atoms with Crippen molar-refractivity contribution in [1.29, 1.82) is 0 Å². The lowest BCUT2D eigenvalue weighted by Crippen LogP contribution is -2.28. The largest absolute Gasteiger partial charge is 0.493 e. The summed E-state index contributed by atoms with van der Waals surface area (Å²) in [5, 5.41) is 5.89. The molecule has 0 spiro atoms. The van der Waals surface area contributed by atoms with Crippen molar-refractivity contribution in [3.8, 4) is 11.5 Å². The first-order chi connectivity index (χ1) is 15.0. The minimum Gasteiger partial charge on any atom is -0.493 e. The van der Waals surface area contributed by atoms with Crippen molar-refractivity contribution >= 4 is 17.5 Å². The number of amides is 2. The second kappa shape index (κ2) is 10.3. The molecule has 0 heterocycles. The van der Waals surface area contributed by atoms with Gasteiger partial charge >= 0.3 is 0 Å². The molecule has 0 radical (unpaired) electrons. The van der Waals surface area contributed by atoms with Crippen LogP contribution in [0.4, 0.5) is 5.69 Å². The molecule has 0 saturated heterocycles. The topological polar surface area (TPSA) is 76.7 Å². The molecule has 0 bridgehead atoms. The average Bonchev–Trinajstić information content (AvgIpc) is 2.79. The van der Waals surface area contributed by atoms with Crippen LogP contribution in [0.1, 0.15) is 34.5 Å². The highest BCUT2D eigenvalue weighted by Crippen LogP contribution is 2.27. The normalized spacial score (nSPS) is 11.3. The fourth-order valence-corrected chi connectivity index (χ4v) is 3.23. The van der Waals surface area contributed by atoms with Gasteiger partial charge in [0.15, 0.2) is 11.5 Å². The molecule has 6 nitrogen and oxygen atoms in total. The standard InChI is InChI=1S/C25H26N2O4/c1-17(26-24(28)15-18-12-13-22(30-2)23(14-18)31-3)20-10-7-11-21(16-20)27-25(29)19-8-5-4-6-9-19/h4-14,16-17H,15H2,1-3H3,(H,26,28)(H,27,29)/t17-/m0/s1. The van der Waals surface area contributed by atoms with Crippen LogP contribution in [-0.2, 0) is 11.2 Å². The molecule has 31 heavy (non-hydrogen) atoms. The van der Waals surface area contributed by atoms with Gasteiger partial charge in [-0.3, -0.25) is 9.59 Å². The van der Waals surface area contributed by atoms with Crippen LogP contribution in [0.2, 0.25) is 0 Å². The Hall–Kier alpha value is -3.80. The molecule has 0 aliphatic rings. The van der Waals surface area contributed by atoms with Gasteiger partial charge in [-0.2, -0.15) is 0 Å². The fraction of sp³-hybridized carbons (Fsp3) is 0.200. The zero-order valence-corrected chi connectivity index (χ0v) is 17.8. The fourth-order valence-electron chi connectivity index (χ4n) is 3.23. The first-order valence-corrected chi connectivity index (χ1v) is 9.96. The van der Waals surface area contributed by atoms with Gasteiger partial charge in [0, 0.05) is 11.3 Å². The Morgan fingerprint density at radius 3 is 2.32 bits per heavy atom. The molecular weight excluding hydrogens is 392 g/mol. The molecule has 3 aromatic rings. The zero-order valence-electron chi connectivity index (χ0n) is 17.8. The molecule has 0 unspecified atom stereocenters. The Labute approximate surface area is 182 Å². The SMILES string of the molecule is COc1ccc(CC(=O)N[C@@H](C)c2cccc(NC(=O)c3ccccc3)c2)cc1OC. The third-order valence-electron chi connectivity index (χ3n) is 4.87. The average molecular weight is 418 g/mol. The predicted octanol–water partition coefficient (Wildman–Crippen LogP) is 4.38. The summed E-state index contributed by atoms with van der Waals surface area (Å²) in [4.78, 5) is 24.9. The second-order valence-corrected chi connectivity index (χ2v) is 7.10. The van der Waals surface area contributed by atoms with Crippen molar-refractivity contribution in [3.05, 3.63) is 89.5 Å². The maximum absolute atomic E-state index is 12.5. The smallest absolute Gasteiger partial charge is 0.255 e. The summed E-state index contributed by atoms with van der Waals surface area (Å²) in [5.41, 5.74) is 2.98. The molecule has 3 aromatic carbocycles. The molecule has 0 saturated carbocycles. The van der Waals surface area contributed by atoms with Crippen LogP contribution < -0.4 is 20.1 Å². The van der Waals surface area contributed by atoms with Crippen molar-refractivity contribution < 1.29 is 19.1 Å². The molecule has 0 aromatic heterocycles. The highest BCUT2D eigenvalue weighted by molar-refractivity contribution is 6.04. The Balaban J connectivity index is 1.62. The van der Waals surface area contributed by atoms with Crippen molar-refractivity contribution in [3.63, 3.8) is 0 Å². The van der Waals surface area contributed by atoms with E-state index in [2.05, 4.69) is 10.6 Å². The lowest BCUT2D eigenvalue weighted by molar-refractivity contribution is -0.121. The minimum absolute atomic E-state index is 0.113. The van der Waals surface area contributed by atoms with Crippen LogP contribution in [0.25, 0.3) is 0 Å². The van der Waals surface area contributed by atoms with E-state index in [0.717, 1.165) is 11.1 Å². The monoisotopic (exact) mass is 418 g/mol. The van der Waals surface area contributed by atoms with E-state index in [-0.39, 0.29) is 24.3 Å². The number of rotatable bonds is 8. The van der Waals surface area contributed by atoms with Gasteiger partial charge in [0.05, 0.1) is 26.7 Å². The maximum Gasteiger partial charge on any atom is 0.255 e. The van der Waals surface area contributed by atoms with Crippen molar-refractivity contribution in [1.82, 2.24) is 5.32 Å². The van der Waals surface area contributed by atoms with Crippen LogP contribution >= 0.6 is 0 Å². The molecule has 2 N–H and O–H groups in total. The van der Waals surface area contributed by atoms with E-state index in [1.165, 1.54) is 0 Å². The number of methoxy groups -OCH3 is 2. The second-order valence-electron chi connectivity index (χ2n) is 7.10. The molecule has 1 atom stereocenters. The van der Waals surface area contributed by atoms with E-state index in [9.17, 15) is 9.59 Å². The van der Waals surface area contributed by atoms with Crippen molar-refractivity contribution in [2.75, 3.05) is 19.5 Å². The van der Waals surface area contributed by atoms with Crippen LogP contribution in [0, 0.1) is 0 Å². The van der Waals surface area contributed by atoms with Crippen LogP contribution in [0.15, 0.2) is 72.8 Å². The summed E-state index contributed by atoms with van der Waals surface area (Å²) >= 11 is 0. The van der Waals surface area contributed by atoms with Gasteiger partial charge in [0.25, 0.3) is 5.91 Å². The van der Waals surface area contributed by atoms with E-state index >= 15 is 0 Å². The van der Waals surface area contributed by atoms with Crippen LogP contribution in [-0.4, -0.2) is 26.0 Å². The number of nitrogens with one attached hydrogen (secondary N) is 2. The van der Waals surface area contributed by atoms with Gasteiger partial charge in [-0.05, 0) is 54.4 Å². The number of carbonyl (C=O) groups excluding carboxylic acids is 2. The minimum atomic E-state index is -0.221. The molecule has 3 rings (SSSR count). The van der Waals surface area contributed by atoms with Crippen molar-refractivity contribution in [2.24, 2.45) is 0 Å². The molecule has 0 aliphatic heterocycles. The Morgan fingerprint density at radius 2 is 1.61 bits per heavy atom. The van der Waals surface area contributed by atoms with Gasteiger partial charge < -0.3 is 20.1 Å². The lowest BCUT2D eigenvalue weighted by Gasteiger charge is -2.16. The quantitative estimate of drug-likeness (QED) is 0.569. The highest BCUT2D eigenvalue weighted by atomic mass is 16.5. The van der Waals surface area contributed by atoms with E-state index in [0.29, 0.717) is 22.7 Å². The summed E-state index contributed by atoms with van der Waals surface area (Å²) in [6.07, 6.45) is 0.217. The van der Waals surface area contributed by atoms with Crippen LogP contribution in [0.5, 0.6) is 11.5 Å². The number of carbonyl (C=O) groups is 2. The van der Waals surface area contributed by atoms with Gasteiger partial charge in [0.1, 0.15) is 0 Å². The van der Waals surface area contributed by atoms with Crippen LogP contribution in [0.3, 0.4) is 0 Å². The highest BCUT2D eigenvalue weighted by Gasteiger charge is 2.13. The summed E-state index contributed by atoms with van der Waals surface area (Å²) in [6, 6.07) is 21.7. The molecule has 0 fully saturated rings. The van der Waals surface area contributed by atoms with Gasteiger partial charge in [0.2, 0.25) is 5.91 Å². The number of benzene rings is 3. The van der Waals surface area contributed by atoms with Gasteiger partial charge in [-0.1, -0.05) is 36.4 Å². The number of hydrogen-bond acceptors (Lipinski definition) is 4. The Bertz CT molecular complexity index is 1050. The van der Waals surface area contributed by atoms with E-state index in [1.807, 2.05) is 55.5 Å². The molecule has 2 amide bonds. The zero-order chi connectivity index (χ0) is 22.2. The Kier molecular flexibility index (Phi) is 7.27. The predicted molar refractivity (Wildman–Crippen MR) is 121 cm³/mol. The van der Waals surface area contributed by atoms with E-state index in [4.69, 9.17) is 9.47 Å². The molecule has 160 valence electrons.